The zero-order chi connectivity index (χ0) is 18.8. The van der Waals surface area contributed by atoms with Crippen molar-refractivity contribution in [1.29, 1.82) is 0 Å². The van der Waals surface area contributed by atoms with Crippen LogP contribution in [0.25, 0.3) is 15.6 Å². The molecule has 0 unspecified atom stereocenters. The first-order chi connectivity index (χ1) is 13.1. The lowest BCUT2D eigenvalue weighted by Gasteiger charge is -2.06. The fraction of sp³-hybridized carbons (Fsp3) is 0.105. The van der Waals surface area contributed by atoms with Crippen LogP contribution in [-0.2, 0) is 6.54 Å². The van der Waals surface area contributed by atoms with Gasteiger partial charge in [-0.25, -0.2) is 9.97 Å². The van der Waals surface area contributed by atoms with Crippen LogP contribution in [0, 0.1) is 6.92 Å². The third-order valence-electron chi connectivity index (χ3n) is 3.98. The standard InChI is InChI=1S/C19H15ClN4OS2/c1-12-17(27-19(23-12)15-6-7-16(20)26-15)18(25)22-10-13-2-4-14(5-3-13)24-9-8-21-11-24/h2-9,11H,10H2,1H3,(H,22,25). The van der Waals surface area contributed by atoms with E-state index in [1.165, 1.54) is 22.7 Å². The number of nitrogens with zero attached hydrogens (tertiary/aromatic N) is 3. The number of halogens is 1. The molecule has 0 spiro atoms. The summed E-state index contributed by atoms with van der Waals surface area (Å²) in [7, 11) is 0. The zero-order valence-corrected chi connectivity index (χ0v) is 16.7. The number of aryl methyl sites for hydroxylation is 1. The third kappa shape index (κ3) is 3.95. The fourth-order valence-corrected chi connectivity index (χ4v) is 4.68. The smallest absolute Gasteiger partial charge is 0.263 e. The van der Waals surface area contributed by atoms with Crippen molar-refractivity contribution in [3.05, 3.63) is 75.6 Å². The van der Waals surface area contributed by atoms with Crippen LogP contribution in [0.2, 0.25) is 4.34 Å². The molecule has 0 fully saturated rings. The van der Waals surface area contributed by atoms with Gasteiger partial charge in [0, 0.05) is 24.6 Å². The molecule has 4 aromatic rings. The summed E-state index contributed by atoms with van der Waals surface area (Å²) in [6.07, 6.45) is 5.38. The van der Waals surface area contributed by atoms with E-state index in [2.05, 4.69) is 15.3 Å². The number of hydrogen-bond donors (Lipinski definition) is 1. The predicted molar refractivity (Wildman–Crippen MR) is 110 cm³/mol. The lowest BCUT2D eigenvalue weighted by molar-refractivity contribution is 0.0954. The maximum atomic E-state index is 12.6. The minimum atomic E-state index is -0.113. The lowest BCUT2D eigenvalue weighted by atomic mass is 10.2. The number of thiazole rings is 1. The van der Waals surface area contributed by atoms with E-state index in [0.29, 0.717) is 15.8 Å². The maximum Gasteiger partial charge on any atom is 0.263 e. The van der Waals surface area contributed by atoms with Crippen molar-refractivity contribution in [2.45, 2.75) is 13.5 Å². The van der Waals surface area contributed by atoms with Gasteiger partial charge in [-0.2, -0.15) is 0 Å². The highest BCUT2D eigenvalue weighted by atomic mass is 35.5. The lowest BCUT2D eigenvalue weighted by Crippen LogP contribution is -2.22. The summed E-state index contributed by atoms with van der Waals surface area (Å²) in [4.78, 5) is 22.7. The first-order valence-corrected chi connectivity index (χ1v) is 10.2. The summed E-state index contributed by atoms with van der Waals surface area (Å²) >= 11 is 8.84. The van der Waals surface area contributed by atoms with Gasteiger partial charge in [0.05, 0.1) is 21.2 Å². The Morgan fingerprint density at radius 2 is 2.00 bits per heavy atom. The molecule has 136 valence electrons. The Kier molecular flexibility index (Phi) is 5.07. The molecule has 3 aromatic heterocycles. The van der Waals surface area contributed by atoms with E-state index in [1.807, 2.05) is 54.1 Å². The Balaban J connectivity index is 1.43. The monoisotopic (exact) mass is 414 g/mol. The molecule has 0 radical (unpaired) electrons. The average Bonchev–Trinajstić information content (AvgIpc) is 3.41. The molecule has 8 heteroatoms. The molecule has 1 aromatic carbocycles. The van der Waals surface area contributed by atoms with Crippen LogP contribution in [0.5, 0.6) is 0 Å². The molecule has 3 heterocycles. The number of amides is 1. The van der Waals surface area contributed by atoms with Crippen LogP contribution in [0.15, 0.2) is 55.1 Å². The largest absolute Gasteiger partial charge is 0.347 e. The van der Waals surface area contributed by atoms with Crippen LogP contribution in [0.4, 0.5) is 0 Å². The Morgan fingerprint density at radius 1 is 1.19 bits per heavy atom. The van der Waals surface area contributed by atoms with Gasteiger partial charge in [0.15, 0.2) is 0 Å². The van der Waals surface area contributed by atoms with E-state index in [9.17, 15) is 4.79 Å². The molecule has 0 aliphatic heterocycles. The number of benzene rings is 1. The first kappa shape index (κ1) is 17.9. The number of carbonyl (C=O) groups excluding carboxylic acids is 1. The Bertz CT molecular complexity index is 1070. The normalized spacial score (nSPS) is 10.9. The third-order valence-corrected chi connectivity index (χ3v) is 6.54. The second kappa shape index (κ2) is 7.64. The molecule has 1 N–H and O–H groups in total. The van der Waals surface area contributed by atoms with Gasteiger partial charge in [-0.1, -0.05) is 23.7 Å². The Labute approximate surface area is 169 Å². The van der Waals surface area contributed by atoms with Gasteiger partial charge in [-0.3, -0.25) is 4.79 Å². The van der Waals surface area contributed by atoms with Crippen molar-refractivity contribution in [1.82, 2.24) is 19.9 Å². The summed E-state index contributed by atoms with van der Waals surface area (Å²) in [5.74, 6) is -0.113. The molecule has 0 aliphatic rings. The minimum absolute atomic E-state index is 0.113. The van der Waals surface area contributed by atoms with E-state index in [0.717, 1.165) is 26.8 Å². The molecule has 27 heavy (non-hydrogen) atoms. The first-order valence-electron chi connectivity index (χ1n) is 8.19. The molecule has 1 amide bonds. The average molecular weight is 415 g/mol. The molecular formula is C19H15ClN4OS2. The number of aromatic nitrogens is 3. The topological polar surface area (TPSA) is 59.8 Å². The van der Waals surface area contributed by atoms with Crippen molar-refractivity contribution >= 4 is 40.2 Å². The van der Waals surface area contributed by atoms with E-state index in [1.54, 1.807) is 12.5 Å². The van der Waals surface area contributed by atoms with Gasteiger partial charge < -0.3 is 9.88 Å². The number of hydrogen-bond acceptors (Lipinski definition) is 5. The summed E-state index contributed by atoms with van der Waals surface area (Å²) < 4.78 is 2.64. The van der Waals surface area contributed by atoms with Crippen molar-refractivity contribution in [2.24, 2.45) is 0 Å². The zero-order valence-electron chi connectivity index (χ0n) is 14.3. The molecular weight excluding hydrogens is 400 g/mol. The van der Waals surface area contributed by atoms with Gasteiger partial charge in [0.1, 0.15) is 9.88 Å². The van der Waals surface area contributed by atoms with Crippen LogP contribution in [-0.4, -0.2) is 20.4 Å². The number of carbonyl (C=O) groups is 1. The van der Waals surface area contributed by atoms with Crippen LogP contribution in [0.3, 0.4) is 0 Å². The number of imidazole rings is 1. The van der Waals surface area contributed by atoms with E-state index in [-0.39, 0.29) is 5.91 Å². The van der Waals surface area contributed by atoms with E-state index < -0.39 is 0 Å². The van der Waals surface area contributed by atoms with Gasteiger partial charge in [-0.15, -0.1) is 22.7 Å². The highest BCUT2D eigenvalue weighted by Crippen LogP contribution is 2.34. The molecule has 0 saturated carbocycles. The number of thiophene rings is 1. The van der Waals surface area contributed by atoms with Gasteiger partial charge >= 0.3 is 0 Å². The van der Waals surface area contributed by atoms with Crippen molar-refractivity contribution < 1.29 is 4.79 Å². The number of nitrogens with one attached hydrogen (secondary N) is 1. The van der Waals surface area contributed by atoms with Crippen LogP contribution >= 0.6 is 34.3 Å². The molecule has 0 aliphatic carbocycles. The van der Waals surface area contributed by atoms with Crippen molar-refractivity contribution in [3.63, 3.8) is 0 Å². The Hall–Kier alpha value is -2.48. The molecule has 0 saturated heterocycles. The summed E-state index contributed by atoms with van der Waals surface area (Å²) in [6.45, 7) is 2.31. The van der Waals surface area contributed by atoms with Crippen molar-refractivity contribution in [2.75, 3.05) is 0 Å². The second-order valence-electron chi connectivity index (χ2n) is 5.86. The minimum Gasteiger partial charge on any atom is -0.347 e. The SMILES string of the molecule is Cc1nc(-c2ccc(Cl)s2)sc1C(=O)NCc1ccc(-n2ccnc2)cc1. The Morgan fingerprint density at radius 3 is 2.67 bits per heavy atom. The van der Waals surface area contributed by atoms with Gasteiger partial charge in [0.2, 0.25) is 0 Å². The second-order valence-corrected chi connectivity index (χ2v) is 8.57. The predicted octanol–water partition coefficient (Wildman–Crippen LogP) is 4.95. The molecule has 0 bridgehead atoms. The summed E-state index contributed by atoms with van der Waals surface area (Å²) in [5.41, 5.74) is 2.78. The number of rotatable bonds is 5. The maximum absolute atomic E-state index is 12.6. The summed E-state index contributed by atoms with van der Waals surface area (Å²) in [6, 6.07) is 11.8. The quantitative estimate of drug-likeness (QED) is 0.502. The summed E-state index contributed by atoms with van der Waals surface area (Å²) in [5, 5.41) is 3.79. The molecule has 0 atom stereocenters. The highest BCUT2D eigenvalue weighted by molar-refractivity contribution is 7.24. The van der Waals surface area contributed by atoms with Gasteiger partial charge in [-0.05, 0) is 36.8 Å². The van der Waals surface area contributed by atoms with Gasteiger partial charge in [0.25, 0.3) is 5.91 Å². The molecule has 5 nitrogen and oxygen atoms in total. The van der Waals surface area contributed by atoms with E-state index >= 15 is 0 Å². The molecule has 4 rings (SSSR count). The van der Waals surface area contributed by atoms with Crippen molar-refractivity contribution in [3.8, 4) is 15.6 Å². The van der Waals surface area contributed by atoms with E-state index in [4.69, 9.17) is 11.6 Å². The highest BCUT2D eigenvalue weighted by Gasteiger charge is 2.17. The van der Waals surface area contributed by atoms with Crippen LogP contribution in [0.1, 0.15) is 20.9 Å². The fourth-order valence-electron chi connectivity index (χ4n) is 2.60. The van der Waals surface area contributed by atoms with Crippen LogP contribution < -0.4 is 5.32 Å².